The lowest BCUT2D eigenvalue weighted by Crippen LogP contribution is -1.94. The molecule has 0 saturated carbocycles. The third kappa shape index (κ3) is 4.40. The highest BCUT2D eigenvalue weighted by Crippen LogP contribution is 2.28. The molecule has 0 aliphatic rings. The maximum atomic E-state index is 3.70. The molecular weight excluding hydrogens is 314 g/mol. The normalized spacial score (nSPS) is 11.5. The highest BCUT2D eigenvalue weighted by Gasteiger charge is 2.04. The second-order valence-electron chi connectivity index (χ2n) is 6.08. The molecule has 0 aliphatic carbocycles. The van der Waals surface area contributed by atoms with Crippen molar-refractivity contribution in [3.05, 3.63) is 115 Å². The first-order valence-electron chi connectivity index (χ1n) is 8.76. The van der Waals surface area contributed by atoms with Crippen LogP contribution in [0.1, 0.15) is 12.5 Å². The van der Waals surface area contributed by atoms with Gasteiger partial charge in [0, 0.05) is 16.9 Å². The number of benzene rings is 3. The number of allylic oxidation sites excluding steroid dienone is 5. The predicted molar refractivity (Wildman–Crippen MR) is 115 cm³/mol. The van der Waals surface area contributed by atoms with Gasteiger partial charge in [0.2, 0.25) is 0 Å². The zero-order chi connectivity index (χ0) is 18.2. The number of para-hydroxylation sites is 1. The van der Waals surface area contributed by atoms with Crippen LogP contribution >= 0.6 is 0 Å². The maximum Gasteiger partial charge on any atom is 0.0460 e. The molecule has 0 saturated heterocycles. The first-order chi connectivity index (χ1) is 12.8. The smallest absolute Gasteiger partial charge is 0.0460 e. The minimum atomic E-state index is 1.08. The molecule has 0 unspecified atom stereocenters. The highest BCUT2D eigenvalue weighted by atomic mass is 14.9. The summed E-state index contributed by atoms with van der Waals surface area (Å²) in [4.78, 5) is 0. The molecule has 0 spiro atoms. The van der Waals surface area contributed by atoms with Crippen LogP contribution in [0.2, 0.25) is 0 Å². The number of anilines is 2. The van der Waals surface area contributed by atoms with Gasteiger partial charge in [-0.3, -0.25) is 0 Å². The molecule has 26 heavy (non-hydrogen) atoms. The van der Waals surface area contributed by atoms with Crippen LogP contribution in [0.25, 0.3) is 16.7 Å². The summed E-state index contributed by atoms with van der Waals surface area (Å²) in [5, 5.41) is 3.54. The summed E-state index contributed by atoms with van der Waals surface area (Å²) in [5.41, 5.74) is 7.01. The van der Waals surface area contributed by atoms with E-state index in [1.807, 2.05) is 18.2 Å². The van der Waals surface area contributed by atoms with Crippen molar-refractivity contribution in [3.8, 4) is 11.1 Å². The van der Waals surface area contributed by atoms with Gasteiger partial charge in [0.25, 0.3) is 0 Å². The lowest BCUT2D eigenvalue weighted by atomic mass is 10.0. The summed E-state index contributed by atoms with van der Waals surface area (Å²) in [5.74, 6) is 0. The van der Waals surface area contributed by atoms with Gasteiger partial charge in [-0.1, -0.05) is 91.5 Å². The lowest BCUT2D eigenvalue weighted by molar-refractivity contribution is 1.49. The molecule has 0 atom stereocenters. The zero-order valence-electron chi connectivity index (χ0n) is 15.0. The van der Waals surface area contributed by atoms with Gasteiger partial charge < -0.3 is 5.32 Å². The fourth-order valence-electron chi connectivity index (χ4n) is 2.84. The Hall–Kier alpha value is -3.32. The topological polar surface area (TPSA) is 12.0 Å². The predicted octanol–water partition coefficient (Wildman–Crippen LogP) is 7.24. The molecule has 0 amide bonds. The number of rotatable bonds is 6. The Bertz CT molecular complexity index is 916. The van der Waals surface area contributed by atoms with Crippen LogP contribution in [0.5, 0.6) is 0 Å². The Balaban J connectivity index is 1.82. The van der Waals surface area contributed by atoms with E-state index in [1.165, 1.54) is 22.3 Å². The average molecular weight is 337 g/mol. The Kier molecular flexibility index (Phi) is 5.84. The molecule has 0 aromatic heterocycles. The van der Waals surface area contributed by atoms with E-state index >= 15 is 0 Å². The summed E-state index contributed by atoms with van der Waals surface area (Å²) in [6.07, 6.45) is 7.82. The molecule has 3 aromatic carbocycles. The molecule has 3 rings (SSSR count). The van der Waals surface area contributed by atoms with E-state index < -0.39 is 0 Å². The van der Waals surface area contributed by atoms with Crippen LogP contribution in [-0.4, -0.2) is 0 Å². The van der Waals surface area contributed by atoms with E-state index in [-0.39, 0.29) is 0 Å². The third-order valence-corrected chi connectivity index (χ3v) is 4.22. The fourth-order valence-corrected chi connectivity index (χ4v) is 2.84. The SMILES string of the molecule is C=C/C=C\C=C(/C)c1ccccc1Nc1ccc(-c2ccccc2)cc1. The first kappa shape index (κ1) is 17.5. The first-order valence-corrected chi connectivity index (χ1v) is 8.76. The molecule has 0 fully saturated rings. The second kappa shape index (κ2) is 8.68. The minimum absolute atomic E-state index is 1.08. The van der Waals surface area contributed by atoms with Crippen molar-refractivity contribution in [2.24, 2.45) is 0 Å². The van der Waals surface area contributed by atoms with Gasteiger partial charge in [0.15, 0.2) is 0 Å². The van der Waals surface area contributed by atoms with Crippen molar-refractivity contribution in [1.29, 1.82) is 0 Å². The maximum absolute atomic E-state index is 3.70. The van der Waals surface area contributed by atoms with E-state index in [2.05, 4.69) is 97.7 Å². The fraction of sp³-hybridized carbons (Fsp3) is 0.0400. The van der Waals surface area contributed by atoms with Crippen LogP contribution in [0, 0.1) is 0 Å². The van der Waals surface area contributed by atoms with Crippen LogP contribution in [0.4, 0.5) is 11.4 Å². The van der Waals surface area contributed by atoms with Crippen molar-refractivity contribution >= 4 is 16.9 Å². The van der Waals surface area contributed by atoms with Gasteiger partial charge in [-0.05, 0) is 41.8 Å². The van der Waals surface area contributed by atoms with Crippen molar-refractivity contribution in [1.82, 2.24) is 0 Å². The van der Waals surface area contributed by atoms with Gasteiger partial charge in [-0.15, -0.1) is 0 Å². The van der Waals surface area contributed by atoms with Gasteiger partial charge in [0.1, 0.15) is 0 Å². The van der Waals surface area contributed by atoms with E-state index in [0.29, 0.717) is 0 Å². The largest absolute Gasteiger partial charge is 0.355 e. The monoisotopic (exact) mass is 337 g/mol. The van der Waals surface area contributed by atoms with Crippen molar-refractivity contribution in [2.75, 3.05) is 5.32 Å². The molecule has 1 N–H and O–H groups in total. The van der Waals surface area contributed by atoms with E-state index in [0.717, 1.165) is 11.4 Å². The summed E-state index contributed by atoms with van der Waals surface area (Å²) in [6.45, 7) is 5.82. The third-order valence-electron chi connectivity index (χ3n) is 4.22. The number of nitrogens with one attached hydrogen (secondary N) is 1. The van der Waals surface area contributed by atoms with Crippen LogP contribution in [0.15, 0.2) is 110 Å². The van der Waals surface area contributed by atoms with Gasteiger partial charge in [-0.25, -0.2) is 0 Å². The van der Waals surface area contributed by atoms with Crippen LogP contribution in [0.3, 0.4) is 0 Å². The van der Waals surface area contributed by atoms with Crippen LogP contribution < -0.4 is 5.32 Å². The van der Waals surface area contributed by atoms with E-state index in [4.69, 9.17) is 0 Å². The van der Waals surface area contributed by atoms with Crippen molar-refractivity contribution < 1.29 is 0 Å². The van der Waals surface area contributed by atoms with Gasteiger partial charge in [-0.2, -0.15) is 0 Å². The van der Waals surface area contributed by atoms with Crippen molar-refractivity contribution in [3.63, 3.8) is 0 Å². The summed E-state index contributed by atoms with van der Waals surface area (Å²) >= 11 is 0. The number of hydrogen-bond donors (Lipinski definition) is 1. The lowest BCUT2D eigenvalue weighted by Gasteiger charge is -2.13. The van der Waals surface area contributed by atoms with E-state index in [1.54, 1.807) is 6.08 Å². The Morgan fingerprint density at radius 2 is 1.42 bits per heavy atom. The summed E-state index contributed by atoms with van der Waals surface area (Å²) in [6, 6.07) is 27.3. The molecule has 0 aliphatic heterocycles. The molecule has 1 heteroatoms. The average Bonchev–Trinajstić information content (AvgIpc) is 2.70. The summed E-state index contributed by atoms with van der Waals surface area (Å²) in [7, 11) is 0. The Morgan fingerprint density at radius 3 is 2.15 bits per heavy atom. The molecule has 1 nitrogen and oxygen atoms in total. The van der Waals surface area contributed by atoms with E-state index in [9.17, 15) is 0 Å². The molecule has 0 radical (unpaired) electrons. The number of hydrogen-bond acceptors (Lipinski definition) is 1. The molecule has 0 heterocycles. The summed E-state index contributed by atoms with van der Waals surface area (Å²) < 4.78 is 0. The van der Waals surface area contributed by atoms with Gasteiger partial charge >= 0.3 is 0 Å². The zero-order valence-corrected chi connectivity index (χ0v) is 15.0. The minimum Gasteiger partial charge on any atom is -0.355 e. The van der Waals surface area contributed by atoms with Crippen LogP contribution in [-0.2, 0) is 0 Å². The van der Waals surface area contributed by atoms with Gasteiger partial charge in [0.05, 0.1) is 0 Å². The Labute approximate surface area is 156 Å². The molecule has 0 bridgehead atoms. The second-order valence-corrected chi connectivity index (χ2v) is 6.08. The highest BCUT2D eigenvalue weighted by molar-refractivity contribution is 5.79. The molecular formula is C25H23N. The molecule has 128 valence electrons. The van der Waals surface area contributed by atoms with Crippen molar-refractivity contribution in [2.45, 2.75) is 6.92 Å². The standard InChI is InChI=1S/C25H23N/c1-3-4-6-11-20(2)24-14-9-10-15-25(24)26-23-18-16-22(17-19-23)21-12-7-5-8-13-21/h3-19,26H,1H2,2H3/b6-4-,20-11+. The molecule has 3 aromatic rings. The quantitative estimate of drug-likeness (QED) is 0.467. The Morgan fingerprint density at radius 1 is 0.769 bits per heavy atom.